The van der Waals surface area contributed by atoms with Gasteiger partial charge in [0, 0.05) is 18.8 Å². The van der Waals surface area contributed by atoms with E-state index in [1.165, 1.54) is 10.6 Å². The fraction of sp³-hybridized carbons (Fsp3) is 0.375. The Bertz CT molecular complexity index is 474. The minimum absolute atomic E-state index is 0.120. The minimum atomic E-state index is -3.47. The molecule has 1 aromatic rings. The Morgan fingerprint density at radius 1 is 1.43 bits per heavy atom. The van der Waals surface area contributed by atoms with Crippen molar-refractivity contribution in [1.82, 2.24) is 4.57 Å². The molecule has 0 atom stereocenters. The molecule has 14 heavy (non-hydrogen) atoms. The van der Waals surface area contributed by atoms with Crippen molar-refractivity contribution in [2.75, 3.05) is 6.26 Å². The smallest absolute Gasteiger partial charge is 0.264 e. The van der Waals surface area contributed by atoms with Gasteiger partial charge in [0.1, 0.15) is 6.61 Å². The van der Waals surface area contributed by atoms with Crippen molar-refractivity contribution in [2.24, 2.45) is 7.05 Å². The van der Waals surface area contributed by atoms with Crippen LogP contribution in [0.4, 0.5) is 0 Å². The zero-order valence-electron chi connectivity index (χ0n) is 7.93. The Hall–Kier alpha value is -1.14. The van der Waals surface area contributed by atoms with Crippen molar-refractivity contribution in [3.63, 3.8) is 0 Å². The van der Waals surface area contributed by atoms with Gasteiger partial charge in [0.2, 0.25) is 0 Å². The molecule has 0 amide bonds. The van der Waals surface area contributed by atoms with Gasteiger partial charge in [-0.3, -0.25) is 8.98 Å². The standard InChI is InChI=1S/C8H11NO4S/c1-9-7(4-3-5-8(9)10)6-13-14(2,11)12/h3-5H,6H2,1-2H3. The molecule has 0 saturated carbocycles. The highest BCUT2D eigenvalue weighted by Gasteiger charge is 2.04. The quantitative estimate of drug-likeness (QED) is 0.661. The second kappa shape index (κ2) is 3.93. The van der Waals surface area contributed by atoms with Gasteiger partial charge in [0.05, 0.1) is 6.26 Å². The van der Waals surface area contributed by atoms with Gasteiger partial charge in [-0.2, -0.15) is 8.42 Å². The van der Waals surface area contributed by atoms with Crippen molar-refractivity contribution < 1.29 is 12.6 Å². The van der Waals surface area contributed by atoms with Crippen LogP contribution < -0.4 is 5.56 Å². The molecule has 78 valence electrons. The largest absolute Gasteiger partial charge is 0.313 e. The van der Waals surface area contributed by atoms with Crippen molar-refractivity contribution in [3.05, 3.63) is 34.2 Å². The first kappa shape index (κ1) is 10.9. The van der Waals surface area contributed by atoms with E-state index >= 15 is 0 Å². The lowest BCUT2D eigenvalue weighted by molar-refractivity contribution is 0.301. The SMILES string of the molecule is Cn1c(COS(C)(=O)=O)cccc1=O. The minimum Gasteiger partial charge on any atom is -0.313 e. The Morgan fingerprint density at radius 2 is 2.07 bits per heavy atom. The molecule has 0 saturated heterocycles. The highest BCUT2D eigenvalue weighted by molar-refractivity contribution is 7.85. The summed E-state index contributed by atoms with van der Waals surface area (Å²) in [5, 5.41) is 0. The highest BCUT2D eigenvalue weighted by atomic mass is 32.2. The summed E-state index contributed by atoms with van der Waals surface area (Å²) in [7, 11) is -1.91. The van der Waals surface area contributed by atoms with Crippen molar-refractivity contribution in [1.29, 1.82) is 0 Å². The van der Waals surface area contributed by atoms with Crippen molar-refractivity contribution in [2.45, 2.75) is 6.61 Å². The van der Waals surface area contributed by atoms with Gasteiger partial charge < -0.3 is 4.57 Å². The number of pyridine rings is 1. The predicted molar refractivity (Wildman–Crippen MR) is 51.3 cm³/mol. The zero-order valence-corrected chi connectivity index (χ0v) is 8.74. The molecule has 0 aliphatic heterocycles. The molecule has 0 aliphatic carbocycles. The number of rotatable bonds is 3. The second-order valence-corrected chi connectivity index (χ2v) is 4.52. The molecule has 0 spiro atoms. The van der Waals surface area contributed by atoms with Crippen molar-refractivity contribution >= 4 is 10.1 Å². The molecular formula is C8H11NO4S. The fourth-order valence-electron chi connectivity index (χ4n) is 0.919. The third kappa shape index (κ3) is 2.97. The Morgan fingerprint density at radius 3 is 2.64 bits per heavy atom. The van der Waals surface area contributed by atoms with Gasteiger partial charge in [-0.25, -0.2) is 0 Å². The van der Waals surface area contributed by atoms with Crippen molar-refractivity contribution in [3.8, 4) is 0 Å². The maximum absolute atomic E-state index is 11.1. The maximum Gasteiger partial charge on any atom is 0.264 e. The van der Waals surface area contributed by atoms with E-state index in [-0.39, 0.29) is 12.2 Å². The third-order valence-electron chi connectivity index (χ3n) is 1.71. The number of nitrogens with zero attached hydrogens (tertiary/aromatic N) is 1. The lowest BCUT2D eigenvalue weighted by Gasteiger charge is -2.06. The molecule has 0 N–H and O–H groups in total. The van der Waals surface area contributed by atoms with Crippen LogP contribution >= 0.6 is 0 Å². The third-order valence-corrected chi connectivity index (χ3v) is 2.26. The number of aromatic nitrogens is 1. The van der Waals surface area contributed by atoms with Gasteiger partial charge in [-0.15, -0.1) is 0 Å². The molecule has 0 unspecified atom stereocenters. The summed E-state index contributed by atoms with van der Waals surface area (Å²) in [5.41, 5.74) is 0.322. The van der Waals surface area contributed by atoms with Crippen LogP contribution in [0.15, 0.2) is 23.0 Å². The second-order valence-electron chi connectivity index (χ2n) is 2.88. The lowest BCUT2D eigenvalue weighted by atomic mass is 10.3. The maximum atomic E-state index is 11.1. The highest BCUT2D eigenvalue weighted by Crippen LogP contribution is 1.99. The van der Waals surface area contributed by atoms with Gasteiger partial charge in [0.15, 0.2) is 0 Å². The topological polar surface area (TPSA) is 65.4 Å². The Labute approximate surface area is 82.1 Å². The number of hydrogen-bond acceptors (Lipinski definition) is 4. The van der Waals surface area contributed by atoms with Crippen LogP contribution in [0.1, 0.15) is 5.69 Å². The van der Waals surface area contributed by atoms with Crippen LogP contribution in [0.5, 0.6) is 0 Å². The number of hydrogen-bond donors (Lipinski definition) is 0. The zero-order chi connectivity index (χ0) is 10.8. The van der Waals surface area contributed by atoms with E-state index in [0.29, 0.717) is 5.69 Å². The predicted octanol–water partition coefficient (Wildman–Crippen LogP) is -0.139. The molecule has 0 aliphatic rings. The fourth-order valence-corrected chi connectivity index (χ4v) is 1.25. The van der Waals surface area contributed by atoms with E-state index in [9.17, 15) is 13.2 Å². The molecule has 0 aromatic carbocycles. The van der Waals surface area contributed by atoms with Gasteiger partial charge >= 0.3 is 0 Å². The normalized spacial score (nSPS) is 11.6. The van der Waals surface area contributed by atoms with E-state index in [1.54, 1.807) is 19.2 Å². The molecule has 6 heteroatoms. The summed E-state index contributed by atoms with van der Waals surface area (Å²) in [5.74, 6) is 0. The summed E-state index contributed by atoms with van der Waals surface area (Å²) < 4.78 is 27.3. The van der Waals surface area contributed by atoms with Crippen LogP contribution in [0, 0.1) is 0 Å². The Kier molecular flexibility index (Phi) is 3.07. The average molecular weight is 217 g/mol. The molecule has 0 bridgehead atoms. The summed E-state index contributed by atoms with van der Waals surface area (Å²) in [6.07, 6.45) is 0.966. The van der Waals surface area contributed by atoms with E-state index in [0.717, 1.165) is 6.26 Å². The van der Waals surface area contributed by atoms with Crippen LogP contribution in [0.25, 0.3) is 0 Å². The molecular weight excluding hydrogens is 206 g/mol. The molecule has 1 rings (SSSR count). The average Bonchev–Trinajstić information content (AvgIpc) is 2.06. The summed E-state index contributed by atoms with van der Waals surface area (Å²) in [6.45, 7) is -0.120. The summed E-state index contributed by atoms with van der Waals surface area (Å²) in [4.78, 5) is 11.1. The summed E-state index contributed by atoms with van der Waals surface area (Å²) >= 11 is 0. The molecule has 0 fully saturated rings. The summed E-state index contributed by atoms with van der Waals surface area (Å²) in [6, 6.07) is 4.58. The molecule has 5 nitrogen and oxygen atoms in total. The van der Waals surface area contributed by atoms with Crippen LogP contribution in [-0.2, 0) is 28.0 Å². The van der Waals surface area contributed by atoms with Gasteiger partial charge in [-0.1, -0.05) is 6.07 Å². The van der Waals surface area contributed by atoms with E-state index in [1.807, 2.05) is 0 Å². The first-order chi connectivity index (χ1) is 6.40. The monoisotopic (exact) mass is 217 g/mol. The molecule has 1 heterocycles. The first-order valence-electron chi connectivity index (χ1n) is 3.89. The first-order valence-corrected chi connectivity index (χ1v) is 5.71. The molecule has 1 aromatic heterocycles. The van der Waals surface area contributed by atoms with E-state index in [4.69, 9.17) is 0 Å². The lowest BCUT2D eigenvalue weighted by Crippen LogP contribution is -2.19. The van der Waals surface area contributed by atoms with Crippen LogP contribution in [-0.4, -0.2) is 19.2 Å². The van der Waals surface area contributed by atoms with Gasteiger partial charge in [-0.05, 0) is 6.07 Å². The van der Waals surface area contributed by atoms with E-state index < -0.39 is 10.1 Å². The Balaban J connectivity index is 2.89. The van der Waals surface area contributed by atoms with E-state index in [2.05, 4.69) is 4.18 Å². The van der Waals surface area contributed by atoms with Gasteiger partial charge in [0.25, 0.3) is 15.7 Å². The van der Waals surface area contributed by atoms with Crippen LogP contribution in [0.3, 0.4) is 0 Å². The van der Waals surface area contributed by atoms with Crippen LogP contribution in [0.2, 0.25) is 0 Å². The molecule has 0 radical (unpaired) electrons.